The van der Waals surface area contributed by atoms with Gasteiger partial charge in [-0.1, -0.05) is 35.9 Å². The lowest BCUT2D eigenvalue weighted by molar-refractivity contribution is 0.459. The Kier molecular flexibility index (Phi) is 4.87. The van der Waals surface area contributed by atoms with Crippen LogP contribution >= 0.6 is 0 Å². The molecular weight excluding hydrogens is 348 g/mol. The average Bonchev–Trinajstić information content (AvgIpc) is 2.89. The molecule has 1 heterocycles. The molecule has 0 atom stereocenters. The monoisotopic (exact) mass is 366 g/mol. The molecule has 0 bridgehead atoms. The van der Waals surface area contributed by atoms with Crippen LogP contribution in [0, 0.1) is 25.2 Å². The molecule has 0 spiro atoms. The van der Waals surface area contributed by atoms with Crippen molar-refractivity contribution in [1.82, 2.24) is 5.01 Å². The molecule has 0 amide bonds. The Balaban J connectivity index is 2.01. The predicted molar refractivity (Wildman–Crippen MR) is 101 cm³/mol. The van der Waals surface area contributed by atoms with Gasteiger partial charge in [0.05, 0.1) is 25.2 Å². The van der Waals surface area contributed by atoms with Crippen molar-refractivity contribution in [3.63, 3.8) is 0 Å². The van der Waals surface area contributed by atoms with Crippen LogP contribution in [0.5, 0.6) is 0 Å². The minimum Gasteiger partial charge on any atom is -0.246 e. The summed E-state index contributed by atoms with van der Waals surface area (Å²) in [6.07, 6.45) is 1.88. The standard InChI is InChI=1S/C19H18N4O2S/c1-14-8-9-15(2)16(12-14)13-21-23(11-5-10-20)19-17-6-3-4-7-18(17)26(24,25)22-19/h3-4,6-9,12-13H,5,11H2,1-2H3/b21-13-. The molecule has 0 N–H and O–H groups in total. The molecule has 0 radical (unpaired) electrons. The van der Waals surface area contributed by atoms with Crippen LogP contribution < -0.4 is 0 Å². The van der Waals surface area contributed by atoms with E-state index in [1.54, 1.807) is 24.4 Å². The number of aryl methyl sites for hydroxylation is 2. The molecule has 2 aromatic carbocycles. The Hall–Kier alpha value is -2.98. The number of rotatable bonds is 4. The van der Waals surface area contributed by atoms with Gasteiger partial charge in [0.15, 0.2) is 5.84 Å². The van der Waals surface area contributed by atoms with Gasteiger partial charge in [-0.25, -0.2) is 5.01 Å². The number of benzene rings is 2. The Morgan fingerprint density at radius 1 is 1.23 bits per heavy atom. The van der Waals surface area contributed by atoms with Gasteiger partial charge >= 0.3 is 0 Å². The summed E-state index contributed by atoms with van der Waals surface area (Å²) in [4.78, 5) is 0.166. The molecule has 3 rings (SSSR count). The van der Waals surface area contributed by atoms with Gasteiger partial charge in [0, 0.05) is 5.56 Å². The third-order valence-corrected chi connectivity index (χ3v) is 5.39. The molecule has 0 fully saturated rings. The first-order valence-corrected chi connectivity index (χ1v) is 9.56. The second kappa shape index (κ2) is 7.10. The Morgan fingerprint density at radius 2 is 2.00 bits per heavy atom. The molecule has 1 aliphatic heterocycles. The van der Waals surface area contributed by atoms with Crippen molar-refractivity contribution >= 4 is 22.1 Å². The van der Waals surface area contributed by atoms with Gasteiger partial charge in [-0.3, -0.25) is 0 Å². The summed E-state index contributed by atoms with van der Waals surface area (Å²) < 4.78 is 28.5. The van der Waals surface area contributed by atoms with Gasteiger partial charge in [0.1, 0.15) is 4.90 Å². The normalized spacial score (nSPS) is 14.7. The summed E-state index contributed by atoms with van der Waals surface area (Å²) in [7, 11) is -3.73. The highest BCUT2D eigenvalue weighted by Gasteiger charge is 2.31. The molecule has 26 heavy (non-hydrogen) atoms. The summed E-state index contributed by atoms with van der Waals surface area (Å²) in [6.45, 7) is 4.22. The Bertz CT molecular complexity index is 1050. The third-order valence-electron chi connectivity index (χ3n) is 4.06. The number of hydrazone groups is 1. The van der Waals surface area contributed by atoms with Gasteiger partial charge in [0.2, 0.25) is 0 Å². The lowest BCUT2D eigenvalue weighted by Gasteiger charge is -2.17. The minimum absolute atomic E-state index is 0.166. The van der Waals surface area contributed by atoms with Crippen LogP contribution in [0.1, 0.15) is 28.7 Å². The van der Waals surface area contributed by atoms with E-state index in [0.717, 1.165) is 16.7 Å². The molecule has 1 aliphatic rings. The van der Waals surface area contributed by atoms with Crippen LogP contribution in [-0.2, 0) is 10.0 Å². The van der Waals surface area contributed by atoms with E-state index in [2.05, 4.69) is 15.6 Å². The quantitative estimate of drug-likeness (QED) is 0.615. The summed E-state index contributed by atoms with van der Waals surface area (Å²) in [6, 6.07) is 14.7. The van der Waals surface area contributed by atoms with E-state index < -0.39 is 10.0 Å². The van der Waals surface area contributed by atoms with Crippen LogP contribution in [0.4, 0.5) is 0 Å². The van der Waals surface area contributed by atoms with Crippen LogP contribution in [0.15, 0.2) is 56.9 Å². The highest BCUT2D eigenvalue weighted by atomic mass is 32.2. The first-order chi connectivity index (χ1) is 12.4. The largest absolute Gasteiger partial charge is 0.285 e. The molecule has 0 aliphatic carbocycles. The molecule has 0 saturated carbocycles. The lowest BCUT2D eigenvalue weighted by atomic mass is 10.1. The van der Waals surface area contributed by atoms with Crippen molar-refractivity contribution in [3.05, 3.63) is 64.7 Å². The SMILES string of the molecule is Cc1ccc(C)c(/C=N\N(CCC#N)C2=NS(=O)(=O)c3ccccc32)c1. The Labute approximate surface area is 153 Å². The van der Waals surface area contributed by atoms with Crippen LogP contribution in [0.3, 0.4) is 0 Å². The smallest absolute Gasteiger partial charge is 0.246 e. The highest BCUT2D eigenvalue weighted by molar-refractivity contribution is 7.90. The van der Waals surface area contributed by atoms with Crippen molar-refractivity contribution < 1.29 is 8.42 Å². The van der Waals surface area contributed by atoms with Crippen molar-refractivity contribution in [2.45, 2.75) is 25.2 Å². The predicted octanol–water partition coefficient (Wildman–Crippen LogP) is 3.00. The third kappa shape index (κ3) is 3.51. The maximum Gasteiger partial charge on any atom is 0.285 e. The van der Waals surface area contributed by atoms with Crippen molar-refractivity contribution in [2.24, 2.45) is 9.50 Å². The van der Waals surface area contributed by atoms with Gasteiger partial charge in [-0.05, 0) is 37.1 Å². The molecule has 2 aromatic rings. The van der Waals surface area contributed by atoms with E-state index in [4.69, 9.17) is 5.26 Å². The molecule has 132 valence electrons. The first-order valence-electron chi connectivity index (χ1n) is 8.12. The maximum absolute atomic E-state index is 12.3. The second-order valence-electron chi connectivity index (χ2n) is 6.02. The molecule has 0 aromatic heterocycles. The van der Waals surface area contributed by atoms with Gasteiger partial charge in [-0.15, -0.1) is 4.40 Å². The fourth-order valence-electron chi connectivity index (χ4n) is 2.68. The topological polar surface area (TPSA) is 85.9 Å². The first kappa shape index (κ1) is 17.8. The van der Waals surface area contributed by atoms with Crippen molar-refractivity contribution in [3.8, 4) is 6.07 Å². The van der Waals surface area contributed by atoms with Gasteiger partial charge < -0.3 is 0 Å². The zero-order valence-electron chi connectivity index (χ0n) is 14.5. The van der Waals surface area contributed by atoms with E-state index >= 15 is 0 Å². The van der Waals surface area contributed by atoms with Crippen LogP contribution in [-0.4, -0.2) is 32.0 Å². The minimum atomic E-state index is -3.73. The fraction of sp³-hybridized carbons (Fsp3) is 0.211. The summed E-state index contributed by atoms with van der Waals surface area (Å²) in [5.41, 5.74) is 3.60. The van der Waals surface area contributed by atoms with E-state index in [9.17, 15) is 8.42 Å². The van der Waals surface area contributed by atoms with E-state index in [1.807, 2.05) is 32.0 Å². The molecule has 0 saturated heterocycles. The number of nitriles is 1. The Morgan fingerprint density at radius 3 is 2.77 bits per heavy atom. The van der Waals surface area contributed by atoms with E-state index in [-0.39, 0.29) is 23.7 Å². The van der Waals surface area contributed by atoms with Crippen LogP contribution in [0.25, 0.3) is 0 Å². The number of hydrogen-bond donors (Lipinski definition) is 0. The van der Waals surface area contributed by atoms with Crippen molar-refractivity contribution in [2.75, 3.05) is 6.54 Å². The zero-order chi connectivity index (χ0) is 18.7. The second-order valence-corrected chi connectivity index (χ2v) is 7.59. The number of nitrogens with zero attached hydrogens (tertiary/aromatic N) is 4. The fourth-order valence-corrected chi connectivity index (χ4v) is 3.89. The van der Waals surface area contributed by atoms with Gasteiger partial charge in [-0.2, -0.15) is 18.8 Å². The lowest BCUT2D eigenvalue weighted by Crippen LogP contribution is -2.27. The molecule has 7 heteroatoms. The number of sulfonamides is 1. The van der Waals surface area contributed by atoms with Gasteiger partial charge in [0.25, 0.3) is 10.0 Å². The number of hydrogen-bond acceptors (Lipinski definition) is 5. The van der Waals surface area contributed by atoms with E-state index in [0.29, 0.717) is 5.56 Å². The zero-order valence-corrected chi connectivity index (χ0v) is 15.4. The highest BCUT2D eigenvalue weighted by Crippen LogP contribution is 2.27. The van der Waals surface area contributed by atoms with E-state index in [1.165, 1.54) is 11.1 Å². The molecule has 0 unspecified atom stereocenters. The number of fused-ring (bicyclic) bond motifs is 1. The number of amidine groups is 1. The summed E-state index contributed by atoms with van der Waals surface area (Å²) in [5.74, 6) is 0.248. The molecule has 6 nitrogen and oxygen atoms in total. The average molecular weight is 366 g/mol. The summed E-state index contributed by atoms with van der Waals surface area (Å²) in [5, 5.41) is 14.9. The maximum atomic E-state index is 12.3. The van der Waals surface area contributed by atoms with Crippen molar-refractivity contribution in [1.29, 1.82) is 5.26 Å². The van der Waals surface area contributed by atoms with Crippen LogP contribution in [0.2, 0.25) is 0 Å². The summed E-state index contributed by atoms with van der Waals surface area (Å²) >= 11 is 0. The molecular formula is C19H18N4O2S.